The van der Waals surface area contributed by atoms with Crippen molar-refractivity contribution in [2.75, 3.05) is 207 Å². The molecule has 0 heterocycles. The minimum atomic E-state index is -0.577. The molecule has 0 bridgehead atoms. The van der Waals surface area contributed by atoms with Crippen LogP contribution in [-0.4, -0.2) is 231 Å². The molecule has 1 rings (SSSR count). The van der Waals surface area contributed by atoms with Gasteiger partial charge in [-0.15, -0.1) is 0 Å². The summed E-state index contributed by atoms with van der Waals surface area (Å²) in [6, 6.07) is 3.10. The normalized spacial score (nSPS) is 12.9. The van der Waals surface area contributed by atoms with Crippen molar-refractivity contribution < 1.29 is 94.8 Å². The van der Waals surface area contributed by atoms with Crippen molar-refractivity contribution in [2.24, 2.45) is 0 Å². The monoisotopic (exact) mass is 929 g/mol. The molecule has 0 aromatic heterocycles. The lowest BCUT2D eigenvalue weighted by Crippen LogP contribution is -2.24. The maximum atomic E-state index is 12.8. The van der Waals surface area contributed by atoms with Gasteiger partial charge in [0.1, 0.15) is 19.8 Å². The van der Waals surface area contributed by atoms with Gasteiger partial charge in [0.15, 0.2) is 11.5 Å². The van der Waals surface area contributed by atoms with Gasteiger partial charge in [-0.2, -0.15) is 0 Å². The van der Waals surface area contributed by atoms with Crippen LogP contribution < -0.4 is 14.2 Å². The summed E-state index contributed by atoms with van der Waals surface area (Å²) in [7, 11) is 6.19. The molecule has 64 heavy (non-hydrogen) atoms. The Kier molecular flexibility index (Phi) is 41.2. The number of carbonyl (C=O) groups is 1. The van der Waals surface area contributed by atoms with Crippen LogP contribution in [0.1, 0.15) is 31.1 Å². The number of esters is 1. The molecule has 0 N–H and O–H groups in total. The van der Waals surface area contributed by atoms with Crippen molar-refractivity contribution in [3.8, 4) is 17.2 Å². The number of methoxy groups -OCH3 is 4. The predicted molar refractivity (Wildman–Crippen MR) is 234 cm³/mol. The third kappa shape index (κ3) is 34.8. The second-order valence-electron chi connectivity index (χ2n) is 13.8. The van der Waals surface area contributed by atoms with E-state index >= 15 is 0 Å². The van der Waals surface area contributed by atoms with E-state index in [9.17, 15) is 4.79 Å². The van der Waals surface area contributed by atoms with Gasteiger partial charge >= 0.3 is 5.97 Å². The minimum absolute atomic E-state index is 0.132. The Labute approximate surface area is 381 Å². The van der Waals surface area contributed by atoms with Gasteiger partial charge in [-0.3, -0.25) is 0 Å². The van der Waals surface area contributed by atoms with Gasteiger partial charge in [0.2, 0.25) is 5.75 Å². The Morgan fingerprint density at radius 2 is 0.625 bits per heavy atom. The molecule has 0 aliphatic carbocycles. The molecule has 0 aliphatic rings. The summed E-state index contributed by atoms with van der Waals surface area (Å²) in [5.41, 5.74) is 0.209. The maximum absolute atomic E-state index is 12.8. The first kappa shape index (κ1) is 59.5. The fraction of sp³-hybridized carbons (Fsp3) is 0.841. The topological polar surface area (TPSA) is 192 Å². The molecule has 0 unspecified atom stereocenters. The lowest BCUT2D eigenvalue weighted by Gasteiger charge is -2.22. The van der Waals surface area contributed by atoms with Crippen molar-refractivity contribution in [1.29, 1.82) is 0 Å². The van der Waals surface area contributed by atoms with Gasteiger partial charge in [0.25, 0.3) is 0 Å². The average Bonchev–Trinajstić information content (AvgIpc) is 3.30. The van der Waals surface area contributed by atoms with Crippen LogP contribution in [0.5, 0.6) is 17.2 Å². The summed E-state index contributed by atoms with van der Waals surface area (Å²) in [4.78, 5) is 12.8. The van der Waals surface area contributed by atoms with Crippen LogP contribution in [0.2, 0.25) is 0 Å². The molecule has 0 spiro atoms. The second kappa shape index (κ2) is 44.3. The quantitative estimate of drug-likeness (QED) is 0.0684. The smallest absolute Gasteiger partial charge is 0.338 e. The molecule has 3 atom stereocenters. The van der Waals surface area contributed by atoms with Crippen molar-refractivity contribution in [3.63, 3.8) is 0 Å². The molecule has 0 saturated carbocycles. The van der Waals surface area contributed by atoms with Crippen molar-refractivity contribution in [1.82, 2.24) is 0 Å². The highest BCUT2D eigenvalue weighted by atomic mass is 16.6. The van der Waals surface area contributed by atoms with Crippen LogP contribution in [0.3, 0.4) is 0 Å². The van der Waals surface area contributed by atoms with Crippen LogP contribution in [0.15, 0.2) is 12.1 Å². The van der Waals surface area contributed by atoms with Crippen LogP contribution >= 0.6 is 0 Å². The van der Waals surface area contributed by atoms with Crippen molar-refractivity contribution in [3.05, 3.63) is 17.7 Å². The molecule has 0 radical (unpaired) electrons. The fourth-order valence-corrected chi connectivity index (χ4v) is 4.91. The highest BCUT2D eigenvalue weighted by Gasteiger charge is 2.22. The first-order valence-corrected chi connectivity index (χ1v) is 22.0. The molecule has 0 saturated heterocycles. The molecule has 20 heteroatoms. The van der Waals surface area contributed by atoms with Crippen molar-refractivity contribution >= 4 is 5.97 Å². The number of ether oxygens (including phenoxy) is 19. The number of hydrogen-bond donors (Lipinski definition) is 0. The Morgan fingerprint density at radius 3 is 0.891 bits per heavy atom. The largest absolute Gasteiger partial charge is 0.487 e. The summed E-state index contributed by atoms with van der Waals surface area (Å²) in [5, 5.41) is 0. The molecule has 0 amide bonds. The summed E-state index contributed by atoms with van der Waals surface area (Å²) in [5.74, 6) is 0.227. The molecule has 376 valence electrons. The molecule has 1 aromatic carbocycles. The first-order valence-electron chi connectivity index (χ1n) is 22.0. The molecule has 20 nitrogen and oxygen atoms in total. The van der Waals surface area contributed by atoms with Crippen LogP contribution in [-0.2, 0) is 75.8 Å². The van der Waals surface area contributed by atoms with E-state index in [4.69, 9.17) is 90.0 Å². The van der Waals surface area contributed by atoms with E-state index in [0.29, 0.717) is 159 Å². The third-order valence-corrected chi connectivity index (χ3v) is 8.27. The average molecular weight is 929 g/mol. The summed E-state index contributed by atoms with van der Waals surface area (Å²) in [6.45, 7) is 16.9. The fourth-order valence-electron chi connectivity index (χ4n) is 4.91. The van der Waals surface area contributed by atoms with E-state index in [0.717, 1.165) is 0 Å². The number of hydrogen-bond acceptors (Lipinski definition) is 20. The third-order valence-electron chi connectivity index (χ3n) is 8.27. The van der Waals surface area contributed by atoms with E-state index in [1.165, 1.54) is 7.11 Å². The highest BCUT2D eigenvalue weighted by Crippen LogP contribution is 2.40. The SMILES string of the molecule is COCCOCCOCCOCCO[C@@H](C)COc1cc(C(=O)OC)cc(OC[C@H](C)OCCOCCOCCOCCOC)c1OC[C@H](C)OCCOCCOCCOCCOC. The Morgan fingerprint density at radius 1 is 0.375 bits per heavy atom. The minimum Gasteiger partial charge on any atom is -0.487 e. The lowest BCUT2D eigenvalue weighted by atomic mass is 10.1. The number of benzene rings is 1. The maximum Gasteiger partial charge on any atom is 0.338 e. The summed E-state index contributed by atoms with van der Waals surface area (Å²) in [6.07, 6.45) is -1.02. The van der Waals surface area contributed by atoms with Crippen molar-refractivity contribution in [2.45, 2.75) is 39.1 Å². The highest BCUT2D eigenvalue weighted by molar-refractivity contribution is 5.91. The van der Waals surface area contributed by atoms with E-state index in [-0.39, 0.29) is 60.9 Å². The van der Waals surface area contributed by atoms with Gasteiger partial charge < -0.3 is 90.0 Å². The number of rotatable bonds is 49. The lowest BCUT2D eigenvalue weighted by molar-refractivity contribution is -0.0293. The van der Waals surface area contributed by atoms with Crippen LogP contribution in [0.4, 0.5) is 0 Å². The standard InChI is InChI=1S/C44H80O20/c1-37(59-29-26-56-23-20-53-17-14-50-11-8-46-4)34-62-41-32-40(44(45)49-7)33-42(63-35-38(2)60-30-27-57-24-21-54-18-15-51-12-9-47-5)43(41)64-36-39(3)61-31-28-58-25-22-55-19-16-52-13-10-48-6/h32-33,37-39H,8-31,34-36H2,1-7H3/t37-,38-,39-/m0/s1. The number of carbonyl (C=O) groups excluding carboxylic acids is 1. The Bertz CT molecular complexity index is 1120. The van der Waals surface area contributed by atoms with E-state index in [1.54, 1.807) is 33.5 Å². The van der Waals surface area contributed by atoms with Gasteiger partial charge in [-0.25, -0.2) is 4.79 Å². The predicted octanol–water partition coefficient (Wildman–Crippen LogP) is 2.91. The zero-order valence-electron chi connectivity index (χ0n) is 39.6. The molecule has 0 fully saturated rings. The summed E-state index contributed by atoms with van der Waals surface area (Å²) >= 11 is 0. The van der Waals surface area contributed by atoms with E-state index in [2.05, 4.69) is 0 Å². The zero-order valence-corrected chi connectivity index (χ0v) is 39.6. The molecule has 1 aromatic rings. The molecular formula is C44H80O20. The Hall–Kier alpha value is -2.51. The first-order chi connectivity index (χ1) is 31.4. The zero-order chi connectivity index (χ0) is 46.6. The van der Waals surface area contributed by atoms with Crippen LogP contribution in [0.25, 0.3) is 0 Å². The van der Waals surface area contributed by atoms with Gasteiger partial charge in [0.05, 0.1) is 190 Å². The van der Waals surface area contributed by atoms with E-state index < -0.39 is 5.97 Å². The molecule has 0 aliphatic heterocycles. The molecular weight excluding hydrogens is 848 g/mol. The second-order valence-corrected chi connectivity index (χ2v) is 13.8. The van der Waals surface area contributed by atoms with Gasteiger partial charge in [-0.1, -0.05) is 0 Å². The summed E-state index contributed by atoms with van der Waals surface area (Å²) < 4.78 is 106. The van der Waals surface area contributed by atoms with Gasteiger partial charge in [-0.05, 0) is 32.9 Å². The van der Waals surface area contributed by atoms with Crippen LogP contribution in [0, 0.1) is 0 Å². The van der Waals surface area contributed by atoms with E-state index in [1.807, 2.05) is 20.8 Å². The Balaban J connectivity index is 2.74. The van der Waals surface area contributed by atoms with Gasteiger partial charge in [0, 0.05) is 21.3 Å².